The number of carbonyl (C=O) groups excluding carboxylic acids is 1. The van der Waals surface area contributed by atoms with Gasteiger partial charge in [0.2, 0.25) is 5.88 Å². The number of ether oxygens (including phenoxy) is 5. The van der Waals surface area contributed by atoms with Gasteiger partial charge in [0.25, 0.3) is 0 Å². The molecule has 220 valence electrons. The van der Waals surface area contributed by atoms with Crippen LogP contribution in [0.1, 0.15) is 27.3 Å². The number of para-hydroxylation sites is 1. The second-order valence-electron chi connectivity index (χ2n) is 9.94. The van der Waals surface area contributed by atoms with Gasteiger partial charge in [-0.1, -0.05) is 30.3 Å². The number of rotatable bonds is 10. The van der Waals surface area contributed by atoms with Gasteiger partial charge in [0, 0.05) is 37.3 Å². The van der Waals surface area contributed by atoms with Gasteiger partial charge in [0.1, 0.15) is 31.5 Å². The molecule has 3 aromatic carbocycles. The molecule has 0 bridgehead atoms. The average molecular weight is 584 g/mol. The minimum absolute atomic E-state index is 0.251. The summed E-state index contributed by atoms with van der Waals surface area (Å²) in [7, 11) is 2.95. The van der Waals surface area contributed by atoms with Gasteiger partial charge >= 0.3 is 5.97 Å². The summed E-state index contributed by atoms with van der Waals surface area (Å²) in [5.41, 5.74) is 4.42. The summed E-state index contributed by atoms with van der Waals surface area (Å²) in [5, 5.41) is 0. The van der Waals surface area contributed by atoms with Crippen LogP contribution in [0.4, 0.5) is 4.39 Å². The molecule has 2 aromatic heterocycles. The second kappa shape index (κ2) is 12.5. The lowest BCUT2D eigenvalue weighted by atomic mass is 10.1. The monoisotopic (exact) mass is 583 g/mol. The molecule has 0 aliphatic carbocycles. The lowest BCUT2D eigenvalue weighted by Gasteiger charge is -2.20. The Morgan fingerprint density at radius 2 is 1.81 bits per heavy atom. The minimum atomic E-state index is -0.435. The topological polar surface area (TPSA) is 93.9 Å². The van der Waals surface area contributed by atoms with E-state index in [-0.39, 0.29) is 18.8 Å². The first-order chi connectivity index (χ1) is 21.0. The number of hydrogen-bond donors (Lipinski definition) is 0. The van der Waals surface area contributed by atoms with Crippen LogP contribution in [-0.4, -0.2) is 54.5 Å². The maximum atomic E-state index is 15.5. The van der Waals surface area contributed by atoms with Crippen LogP contribution < -0.4 is 14.2 Å². The molecule has 0 spiro atoms. The van der Waals surface area contributed by atoms with Crippen molar-refractivity contribution >= 4 is 17.0 Å². The number of pyridine rings is 1. The fourth-order valence-corrected chi connectivity index (χ4v) is 5.06. The Bertz CT molecular complexity index is 1790. The van der Waals surface area contributed by atoms with Crippen molar-refractivity contribution in [1.82, 2.24) is 14.5 Å². The Kier molecular flexibility index (Phi) is 8.19. The highest BCUT2D eigenvalue weighted by Gasteiger charge is 2.18. The molecular weight excluding hydrogens is 553 g/mol. The van der Waals surface area contributed by atoms with Gasteiger partial charge in [-0.2, -0.15) is 0 Å². The molecule has 0 fully saturated rings. The highest BCUT2D eigenvalue weighted by molar-refractivity contribution is 5.93. The summed E-state index contributed by atoms with van der Waals surface area (Å²) in [4.78, 5) is 21.4. The van der Waals surface area contributed by atoms with Crippen molar-refractivity contribution in [3.63, 3.8) is 0 Å². The van der Waals surface area contributed by atoms with E-state index in [9.17, 15) is 4.79 Å². The second-order valence-corrected chi connectivity index (χ2v) is 9.94. The Labute approximate surface area is 247 Å². The summed E-state index contributed by atoms with van der Waals surface area (Å²) in [6, 6.07) is 21.3. The summed E-state index contributed by atoms with van der Waals surface area (Å²) in [6.07, 6.45) is 0.252. The van der Waals surface area contributed by atoms with Crippen LogP contribution in [0.15, 0.2) is 72.8 Å². The highest BCUT2D eigenvalue weighted by atomic mass is 19.1. The maximum absolute atomic E-state index is 15.5. The number of esters is 1. The van der Waals surface area contributed by atoms with Crippen LogP contribution in [-0.2, 0) is 29.0 Å². The fourth-order valence-electron chi connectivity index (χ4n) is 5.06. The number of imidazole rings is 1. The van der Waals surface area contributed by atoms with E-state index in [1.807, 2.05) is 41.0 Å². The molecule has 9 nitrogen and oxygen atoms in total. The zero-order chi connectivity index (χ0) is 29.8. The molecule has 6 rings (SSSR count). The minimum Gasteiger partial charge on any atom is -0.486 e. The quantitative estimate of drug-likeness (QED) is 0.196. The van der Waals surface area contributed by atoms with E-state index < -0.39 is 5.97 Å². The van der Waals surface area contributed by atoms with E-state index in [2.05, 4.69) is 4.98 Å². The van der Waals surface area contributed by atoms with Crippen LogP contribution in [0.5, 0.6) is 17.4 Å². The van der Waals surface area contributed by atoms with E-state index in [1.54, 1.807) is 37.4 Å². The predicted molar refractivity (Wildman–Crippen MR) is 157 cm³/mol. The van der Waals surface area contributed by atoms with Gasteiger partial charge in [-0.25, -0.2) is 19.2 Å². The predicted octanol–water partition coefficient (Wildman–Crippen LogP) is 5.61. The zero-order valence-electron chi connectivity index (χ0n) is 23.8. The van der Waals surface area contributed by atoms with Crippen LogP contribution in [0.3, 0.4) is 0 Å². The molecule has 5 aromatic rings. The molecular formula is C33H30FN3O6. The van der Waals surface area contributed by atoms with Crippen LogP contribution in [0, 0.1) is 5.82 Å². The van der Waals surface area contributed by atoms with Crippen molar-refractivity contribution in [2.45, 2.75) is 19.6 Å². The summed E-state index contributed by atoms with van der Waals surface area (Å²) < 4.78 is 45.0. The Morgan fingerprint density at radius 3 is 2.65 bits per heavy atom. The smallest absolute Gasteiger partial charge is 0.337 e. The van der Waals surface area contributed by atoms with Gasteiger partial charge in [-0.05, 0) is 42.0 Å². The maximum Gasteiger partial charge on any atom is 0.337 e. The zero-order valence-corrected chi connectivity index (χ0v) is 23.8. The molecule has 43 heavy (non-hydrogen) atoms. The molecule has 3 heterocycles. The van der Waals surface area contributed by atoms with Crippen molar-refractivity contribution < 1.29 is 32.9 Å². The van der Waals surface area contributed by atoms with Crippen molar-refractivity contribution in [3.8, 4) is 28.6 Å². The molecule has 0 radical (unpaired) electrons. The number of nitrogens with zero attached hydrogens (tertiary/aromatic N) is 3. The van der Waals surface area contributed by atoms with Gasteiger partial charge in [-0.3, -0.25) is 0 Å². The van der Waals surface area contributed by atoms with Gasteiger partial charge < -0.3 is 28.3 Å². The molecule has 0 N–H and O–H groups in total. The molecule has 0 unspecified atom stereocenters. The molecule has 10 heteroatoms. The van der Waals surface area contributed by atoms with Gasteiger partial charge in [0.05, 0.1) is 36.0 Å². The molecule has 0 saturated carbocycles. The first kappa shape index (κ1) is 28.2. The van der Waals surface area contributed by atoms with E-state index >= 15 is 4.39 Å². The number of halogens is 1. The average Bonchev–Trinajstić information content (AvgIpc) is 3.39. The fraction of sp³-hybridized carbons (Fsp3) is 0.242. The largest absolute Gasteiger partial charge is 0.486 e. The lowest BCUT2D eigenvalue weighted by Crippen LogP contribution is -2.17. The molecule has 0 saturated heterocycles. The SMILES string of the molecule is COCCn1c(Cc2ccc(-c3cccc(OCc4cccc5c4OCCO5)n3)cc2F)nc2ccc(C(=O)OC)cc21. The number of methoxy groups -OCH3 is 2. The Balaban J connectivity index is 1.22. The van der Waals surface area contributed by atoms with E-state index in [0.717, 1.165) is 11.1 Å². The van der Waals surface area contributed by atoms with Gasteiger partial charge in [-0.15, -0.1) is 0 Å². The number of aromatic nitrogens is 3. The third-order valence-electron chi connectivity index (χ3n) is 7.21. The number of benzene rings is 3. The number of carbonyl (C=O) groups is 1. The van der Waals surface area contributed by atoms with E-state index in [4.69, 9.17) is 28.7 Å². The van der Waals surface area contributed by atoms with Crippen molar-refractivity contribution in [3.05, 3.63) is 101 Å². The first-order valence-corrected chi connectivity index (χ1v) is 13.9. The van der Waals surface area contributed by atoms with Crippen molar-refractivity contribution in [1.29, 1.82) is 0 Å². The van der Waals surface area contributed by atoms with Crippen LogP contribution in [0.25, 0.3) is 22.3 Å². The lowest BCUT2D eigenvalue weighted by molar-refractivity contribution is 0.0601. The normalized spacial score (nSPS) is 12.3. The Morgan fingerprint density at radius 1 is 0.953 bits per heavy atom. The first-order valence-electron chi connectivity index (χ1n) is 13.9. The van der Waals surface area contributed by atoms with E-state index in [1.165, 1.54) is 13.2 Å². The third kappa shape index (κ3) is 6.00. The summed E-state index contributed by atoms with van der Waals surface area (Å²) >= 11 is 0. The van der Waals surface area contributed by atoms with Crippen molar-refractivity contribution in [2.75, 3.05) is 34.0 Å². The molecule has 0 atom stereocenters. The number of fused-ring (bicyclic) bond motifs is 2. The molecule has 0 amide bonds. The molecule has 1 aliphatic heterocycles. The third-order valence-corrected chi connectivity index (χ3v) is 7.21. The number of hydrogen-bond acceptors (Lipinski definition) is 8. The van der Waals surface area contributed by atoms with Crippen LogP contribution >= 0.6 is 0 Å². The van der Waals surface area contributed by atoms with Crippen LogP contribution in [0.2, 0.25) is 0 Å². The summed E-state index contributed by atoms with van der Waals surface area (Å²) in [6.45, 7) is 2.18. The van der Waals surface area contributed by atoms with Crippen molar-refractivity contribution in [2.24, 2.45) is 0 Å². The van der Waals surface area contributed by atoms with E-state index in [0.29, 0.717) is 77.5 Å². The summed E-state index contributed by atoms with van der Waals surface area (Å²) in [5.74, 6) is 1.64. The molecule has 1 aliphatic rings. The highest BCUT2D eigenvalue weighted by Crippen LogP contribution is 2.34. The van der Waals surface area contributed by atoms with Gasteiger partial charge in [0.15, 0.2) is 11.5 Å². The standard InChI is InChI=1S/C33H30FN3O6/c1-39-14-13-37-28-18-23(33(38)40-2)11-12-27(28)35-30(37)19-21-9-10-22(17-25(21)34)26-6-4-8-31(36-26)43-20-24-5-3-7-29-32(24)42-16-15-41-29/h3-12,17-18H,13-16,19-20H2,1-2H3. The Hall–Kier alpha value is -4.96.